The normalized spacial score (nSPS) is 24.9. The molecule has 1 aliphatic heterocycles. The molecule has 2 heterocycles. The van der Waals surface area contributed by atoms with E-state index in [4.69, 9.17) is 19.5 Å². The van der Waals surface area contributed by atoms with E-state index in [9.17, 15) is 29.5 Å². The third-order valence-electron chi connectivity index (χ3n) is 6.11. The van der Waals surface area contributed by atoms with Gasteiger partial charge in [0.15, 0.2) is 11.3 Å². The fourth-order valence-corrected chi connectivity index (χ4v) is 5.86. The van der Waals surface area contributed by atoms with Crippen LogP contribution in [0, 0.1) is 5.41 Å². The first kappa shape index (κ1) is 31.4. The third kappa shape index (κ3) is 7.97. The molecule has 13 nitrogen and oxygen atoms in total. The first-order valence-corrected chi connectivity index (χ1v) is 14.7. The number of benzene rings is 1. The highest BCUT2D eigenvalue weighted by Crippen LogP contribution is 2.46. The molecule has 0 amide bonds. The summed E-state index contributed by atoms with van der Waals surface area (Å²) < 4.78 is 31.5. The van der Waals surface area contributed by atoms with Gasteiger partial charge in [-0.3, -0.25) is 18.4 Å². The predicted octanol–water partition coefficient (Wildman–Crippen LogP) is 1.04. The van der Waals surface area contributed by atoms with Crippen LogP contribution in [0.1, 0.15) is 32.6 Å². The van der Waals surface area contributed by atoms with Gasteiger partial charge in [-0.05, 0) is 32.4 Å². The Morgan fingerprint density at radius 1 is 1.31 bits per heavy atom. The molecule has 5 atom stereocenters. The minimum Gasteiger partial charge on any atom is -0.395 e. The van der Waals surface area contributed by atoms with Crippen molar-refractivity contribution in [2.45, 2.75) is 51.4 Å². The Balaban J connectivity index is 1.68. The lowest BCUT2D eigenvalue weighted by atomic mass is 9.96. The van der Waals surface area contributed by atoms with Gasteiger partial charge < -0.3 is 25.8 Å². The molecule has 216 valence electrons. The highest BCUT2D eigenvalue weighted by atomic mass is 32.2. The van der Waals surface area contributed by atoms with E-state index in [0.717, 1.165) is 21.9 Å². The van der Waals surface area contributed by atoms with Crippen LogP contribution in [0.5, 0.6) is 0 Å². The third-order valence-corrected chi connectivity index (χ3v) is 8.86. The fourth-order valence-electron chi connectivity index (χ4n) is 3.62. The molecule has 15 heteroatoms. The smallest absolute Gasteiger partial charge is 0.395 e. The van der Waals surface area contributed by atoms with E-state index >= 15 is 0 Å². The molecule has 1 aromatic heterocycles. The number of carbonyl (C=O) groups is 1. The number of nitrogen functional groups attached to an aromatic ring is 1. The second kappa shape index (κ2) is 13.0. The Morgan fingerprint density at radius 3 is 2.64 bits per heavy atom. The number of hydrogen-bond acceptors (Lipinski definition) is 12. The van der Waals surface area contributed by atoms with Gasteiger partial charge >= 0.3 is 13.4 Å². The standard InChI is InChI=1S/C24H35N4O9PS/c1-23(2,15-29)21(31)39-12-11-35-38(34,26-13-16-7-5-4-6-8-16)36-14-17-19(30)24(3,33)20(37-17)28-10-9-18(25)27-22(28)32/h4-10,17,19-20,29-30,33H,11-15H2,1-3H3,(H,26,34)(H2,25,27,32)/t17?,19-,20?,24-,38?/m1/s1. The van der Waals surface area contributed by atoms with Gasteiger partial charge in [0.25, 0.3) is 0 Å². The summed E-state index contributed by atoms with van der Waals surface area (Å²) in [6, 6.07) is 10.4. The topological polar surface area (TPSA) is 195 Å². The quantitative estimate of drug-likeness (QED) is 0.165. The summed E-state index contributed by atoms with van der Waals surface area (Å²) >= 11 is 0.934. The highest BCUT2D eigenvalue weighted by molar-refractivity contribution is 8.13. The molecule has 0 saturated carbocycles. The molecular weight excluding hydrogens is 551 g/mol. The summed E-state index contributed by atoms with van der Waals surface area (Å²) in [6.45, 7) is 3.74. The largest absolute Gasteiger partial charge is 0.405 e. The Hall–Kier alpha value is -2.13. The van der Waals surface area contributed by atoms with Crippen LogP contribution < -0.4 is 16.5 Å². The Labute approximate surface area is 230 Å². The number of ether oxygens (including phenoxy) is 1. The fraction of sp³-hybridized carbons (Fsp3) is 0.542. The van der Waals surface area contributed by atoms with E-state index < -0.39 is 49.5 Å². The van der Waals surface area contributed by atoms with Crippen LogP contribution >= 0.6 is 19.5 Å². The minimum absolute atomic E-state index is 0.0170. The molecular formula is C24H35N4O9PS. The molecule has 0 spiro atoms. The van der Waals surface area contributed by atoms with E-state index in [1.54, 1.807) is 13.8 Å². The summed E-state index contributed by atoms with van der Waals surface area (Å²) in [7, 11) is -4.02. The maximum Gasteiger partial charge on any atom is 0.405 e. The first-order valence-electron chi connectivity index (χ1n) is 12.2. The lowest BCUT2D eigenvalue weighted by Crippen LogP contribution is -2.46. The molecule has 3 unspecified atom stereocenters. The molecule has 3 rings (SSSR count). The summed E-state index contributed by atoms with van der Waals surface area (Å²) in [5.41, 5.74) is 2.69. The Bertz CT molecular complexity index is 1230. The zero-order valence-corrected chi connectivity index (χ0v) is 23.6. The zero-order valence-electron chi connectivity index (χ0n) is 21.9. The molecule has 39 heavy (non-hydrogen) atoms. The van der Waals surface area contributed by atoms with E-state index in [1.165, 1.54) is 19.2 Å². The number of aromatic nitrogens is 2. The molecule has 0 aliphatic carbocycles. The van der Waals surface area contributed by atoms with E-state index in [1.807, 2.05) is 30.3 Å². The minimum atomic E-state index is -4.02. The van der Waals surface area contributed by atoms with Crippen molar-refractivity contribution in [1.82, 2.24) is 14.6 Å². The van der Waals surface area contributed by atoms with Crippen molar-refractivity contribution in [3.8, 4) is 0 Å². The van der Waals surface area contributed by atoms with Crippen LogP contribution in [0.3, 0.4) is 0 Å². The van der Waals surface area contributed by atoms with Crippen molar-refractivity contribution in [1.29, 1.82) is 0 Å². The van der Waals surface area contributed by atoms with Gasteiger partial charge in [-0.25, -0.2) is 14.4 Å². The highest BCUT2D eigenvalue weighted by Gasteiger charge is 2.54. The van der Waals surface area contributed by atoms with Gasteiger partial charge in [-0.1, -0.05) is 42.1 Å². The van der Waals surface area contributed by atoms with Gasteiger partial charge in [0.1, 0.15) is 23.6 Å². The molecule has 1 fully saturated rings. The molecule has 2 aromatic rings. The molecule has 1 aromatic carbocycles. The lowest BCUT2D eigenvalue weighted by molar-refractivity contribution is -0.119. The van der Waals surface area contributed by atoms with Crippen molar-refractivity contribution in [3.05, 3.63) is 58.6 Å². The number of nitrogens with two attached hydrogens (primary N) is 1. The Morgan fingerprint density at radius 2 is 2.00 bits per heavy atom. The number of thioether (sulfide) groups is 1. The van der Waals surface area contributed by atoms with Crippen molar-refractivity contribution in [3.63, 3.8) is 0 Å². The monoisotopic (exact) mass is 586 g/mol. The molecule has 0 radical (unpaired) electrons. The van der Waals surface area contributed by atoms with Crippen LogP contribution in [-0.4, -0.2) is 73.4 Å². The average molecular weight is 587 g/mol. The zero-order chi connectivity index (χ0) is 28.8. The maximum absolute atomic E-state index is 13.6. The van der Waals surface area contributed by atoms with E-state index in [0.29, 0.717) is 0 Å². The average Bonchev–Trinajstić information content (AvgIpc) is 3.13. The number of aliphatic hydroxyl groups is 3. The second-order valence-corrected chi connectivity index (χ2v) is 12.8. The SMILES string of the molecule is CC(C)(CO)C(=O)SCCOP(=O)(NCc1ccccc1)OCC1OC(n2ccc(N)nc2=O)[C@](C)(O)[C@@H]1O. The lowest BCUT2D eigenvalue weighted by Gasteiger charge is -2.27. The Kier molecular flexibility index (Phi) is 10.5. The number of rotatable bonds is 13. The number of anilines is 1. The second-order valence-electron chi connectivity index (χ2n) is 9.86. The predicted molar refractivity (Wildman–Crippen MR) is 145 cm³/mol. The number of nitrogens with one attached hydrogen (secondary N) is 1. The molecule has 1 aliphatic rings. The van der Waals surface area contributed by atoms with Gasteiger partial charge in [0.05, 0.1) is 25.2 Å². The van der Waals surface area contributed by atoms with Crippen LogP contribution in [-0.2, 0) is 29.7 Å². The first-order chi connectivity index (χ1) is 18.3. The molecule has 1 saturated heterocycles. The van der Waals surface area contributed by atoms with Gasteiger partial charge in [0, 0.05) is 18.5 Å². The number of nitrogens with zero attached hydrogens (tertiary/aromatic N) is 2. The van der Waals surface area contributed by atoms with Crippen LogP contribution in [0.4, 0.5) is 5.82 Å². The number of aliphatic hydroxyl groups excluding tert-OH is 2. The van der Waals surface area contributed by atoms with Crippen molar-refractivity contribution < 1.29 is 38.5 Å². The number of hydrogen-bond donors (Lipinski definition) is 5. The summed E-state index contributed by atoms with van der Waals surface area (Å²) in [5, 5.41) is 33.5. The summed E-state index contributed by atoms with van der Waals surface area (Å²) in [5.74, 6) is 0.131. The van der Waals surface area contributed by atoms with Crippen molar-refractivity contribution in [2.24, 2.45) is 5.41 Å². The van der Waals surface area contributed by atoms with Crippen molar-refractivity contribution in [2.75, 3.05) is 31.3 Å². The van der Waals surface area contributed by atoms with E-state index in [2.05, 4.69) is 10.1 Å². The van der Waals surface area contributed by atoms with Gasteiger partial charge in [0.2, 0.25) is 0 Å². The van der Waals surface area contributed by atoms with Gasteiger partial charge in [-0.15, -0.1) is 0 Å². The van der Waals surface area contributed by atoms with E-state index in [-0.39, 0.29) is 36.4 Å². The number of carbonyl (C=O) groups excluding carboxylic acids is 1. The van der Waals surface area contributed by atoms with Crippen LogP contribution in [0.2, 0.25) is 0 Å². The van der Waals surface area contributed by atoms with Crippen molar-refractivity contribution >= 4 is 30.4 Å². The van der Waals surface area contributed by atoms with Crippen LogP contribution in [0.25, 0.3) is 0 Å². The van der Waals surface area contributed by atoms with Gasteiger partial charge in [-0.2, -0.15) is 4.98 Å². The van der Waals surface area contributed by atoms with Crippen LogP contribution in [0.15, 0.2) is 47.4 Å². The maximum atomic E-state index is 13.6. The summed E-state index contributed by atoms with van der Waals surface area (Å²) in [4.78, 5) is 28.2. The molecule has 0 bridgehead atoms. The summed E-state index contributed by atoms with van der Waals surface area (Å²) in [6.07, 6.45) is -2.75. The molecule has 6 N–H and O–H groups in total.